The zero-order valence-corrected chi connectivity index (χ0v) is 54.4. The number of carbonyl (C=O) groups excluding carboxylic acids is 2. The van der Waals surface area contributed by atoms with Crippen molar-refractivity contribution >= 4 is 17.9 Å². The highest BCUT2D eigenvalue weighted by atomic mass is 16.7. The highest BCUT2D eigenvalue weighted by Crippen LogP contribution is 2.18. The lowest BCUT2D eigenvalue weighted by atomic mass is 10.0. The molecule has 9 nitrogen and oxygen atoms in total. The molecular formula is C73H132NO8+. The number of nitrogens with zero attached hydrogens (tertiary/aromatic N) is 1. The maximum Gasteiger partial charge on any atom is 0.361 e. The van der Waals surface area contributed by atoms with Crippen LogP contribution in [0.15, 0.2) is 72.9 Å². The van der Waals surface area contributed by atoms with E-state index in [0.29, 0.717) is 17.4 Å². The average Bonchev–Trinajstić information content (AvgIpc) is 3.45. The Morgan fingerprint density at radius 2 is 0.695 bits per heavy atom. The quantitative estimate of drug-likeness (QED) is 0.0211. The predicted octanol–water partition coefficient (Wildman–Crippen LogP) is 21.3. The monoisotopic (exact) mass is 1150 g/mol. The zero-order chi connectivity index (χ0) is 59.8. The van der Waals surface area contributed by atoms with Crippen LogP contribution in [0.3, 0.4) is 0 Å². The number of carboxylic acid groups (broad SMARTS) is 1. The van der Waals surface area contributed by atoms with Crippen LogP contribution in [0.5, 0.6) is 0 Å². The van der Waals surface area contributed by atoms with Crippen molar-refractivity contribution in [1.29, 1.82) is 0 Å². The van der Waals surface area contributed by atoms with E-state index in [0.717, 1.165) is 83.5 Å². The average molecular weight is 1150 g/mol. The number of ether oxygens (including phenoxy) is 4. The van der Waals surface area contributed by atoms with Gasteiger partial charge in [0.1, 0.15) is 13.2 Å². The number of quaternary nitrogens is 1. The molecule has 476 valence electrons. The minimum Gasteiger partial charge on any atom is -0.477 e. The van der Waals surface area contributed by atoms with Gasteiger partial charge >= 0.3 is 17.9 Å². The summed E-state index contributed by atoms with van der Waals surface area (Å²) >= 11 is 0. The SMILES string of the molecule is CC/C=C\C/C=C\C/C=C\C/C=C\CCCCCCCCCCCCCCCCCCCCCCCCCCCCC(=O)OC(COC(=O)CCCCCCCCC/C=C\C/C=C\CCCCCC)COC(OCC[N+](C)(C)C)C(=O)O. The minimum atomic E-state index is -1.51. The third-order valence-corrected chi connectivity index (χ3v) is 15.2. The van der Waals surface area contributed by atoms with Crippen LogP contribution in [0, 0.1) is 0 Å². The molecule has 0 aliphatic carbocycles. The van der Waals surface area contributed by atoms with Crippen molar-refractivity contribution in [2.24, 2.45) is 0 Å². The number of unbranched alkanes of at least 4 members (excludes halogenated alkanes) is 37. The van der Waals surface area contributed by atoms with Crippen LogP contribution >= 0.6 is 0 Å². The predicted molar refractivity (Wildman–Crippen MR) is 350 cm³/mol. The van der Waals surface area contributed by atoms with Crippen LogP contribution in [-0.4, -0.2) is 87.4 Å². The number of hydrogen-bond acceptors (Lipinski definition) is 7. The number of rotatable bonds is 64. The van der Waals surface area contributed by atoms with E-state index in [1.54, 1.807) is 0 Å². The summed E-state index contributed by atoms with van der Waals surface area (Å²) in [4.78, 5) is 37.5. The fourth-order valence-electron chi connectivity index (χ4n) is 9.92. The van der Waals surface area contributed by atoms with Gasteiger partial charge in [0, 0.05) is 12.8 Å². The van der Waals surface area contributed by atoms with E-state index in [9.17, 15) is 19.5 Å². The summed E-state index contributed by atoms with van der Waals surface area (Å²) in [6.45, 7) is 4.77. The number of aliphatic carboxylic acids is 1. The summed E-state index contributed by atoms with van der Waals surface area (Å²) in [6.07, 6.45) is 81.7. The number of allylic oxidation sites excluding steroid dienone is 12. The Morgan fingerprint density at radius 3 is 1.04 bits per heavy atom. The first-order valence-electron chi connectivity index (χ1n) is 34.6. The van der Waals surface area contributed by atoms with Crippen molar-refractivity contribution in [2.45, 2.75) is 328 Å². The Balaban J connectivity index is 3.98. The van der Waals surface area contributed by atoms with Gasteiger partial charge in [0.25, 0.3) is 6.29 Å². The molecule has 0 radical (unpaired) electrons. The summed E-state index contributed by atoms with van der Waals surface area (Å²) in [7, 11) is 5.98. The smallest absolute Gasteiger partial charge is 0.361 e. The van der Waals surface area contributed by atoms with Gasteiger partial charge in [-0.3, -0.25) is 9.59 Å². The number of likely N-dealkylation sites (N-methyl/N-ethyl adjacent to an activating group) is 1. The zero-order valence-electron chi connectivity index (χ0n) is 54.4. The Morgan fingerprint density at radius 1 is 0.378 bits per heavy atom. The van der Waals surface area contributed by atoms with Gasteiger partial charge in [-0.05, 0) is 83.5 Å². The molecule has 0 aromatic rings. The van der Waals surface area contributed by atoms with Gasteiger partial charge in [-0.25, -0.2) is 4.79 Å². The first-order valence-corrected chi connectivity index (χ1v) is 34.6. The Bertz CT molecular complexity index is 1570. The summed E-state index contributed by atoms with van der Waals surface area (Å²) in [5.74, 6) is -2.00. The molecule has 0 bridgehead atoms. The molecule has 0 saturated heterocycles. The van der Waals surface area contributed by atoms with Gasteiger partial charge in [0.15, 0.2) is 6.10 Å². The summed E-state index contributed by atoms with van der Waals surface area (Å²) < 4.78 is 22.9. The fraction of sp³-hybridized carbons (Fsp3) is 0.795. The van der Waals surface area contributed by atoms with Gasteiger partial charge < -0.3 is 28.5 Å². The first kappa shape index (κ1) is 78.7. The second-order valence-electron chi connectivity index (χ2n) is 24.5. The number of carboxylic acids is 1. The molecule has 0 amide bonds. The van der Waals surface area contributed by atoms with Crippen LogP contribution < -0.4 is 0 Å². The number of carbonyl (C=O) groups is 3. The van der Waals surface area contributed by atoms with E-state index < -0.39 is 24.3 Å². The van der Waals surface area contributed by atoms with Crippen LogP contribution in [0.25, 0.3) is 0 Å². The van der Waals surface area contributed by atoms with Gasteiger partial charge in [-0.1, -0.05) is 292 Å². The first-order chi connectivity index (χ1) is 40.1. The molecule has 0 aromatic carbocycles. The fourth-order valence-corrected chi connectivity index (χ4v) is 9.92. The molecule has 0 spiro atoms. The van der Waals surface area contributed by atoms with Crippen molar-refractivity contribution < 1.29 is 42.9 Å². The topological polar surface area (TPSA) is 108 Å². The third-order valence-electron chi connectivity index (χ3n) is 15.2. The van der Waals surface area contributed by atoms with Gasteiger partial charge in [-0.2, -0.15) is 0 Å². The van der Waals surface area contributed by atoms with Crippen LogP contribution in [0.4, 0.5) is 0 Å². The normalized spacial score (nSPS) is 13.1. The van der Waals surface area contributed by atoms with Crippen molar-refractivity contribution in [1.82, 2.24) is 0 Å². The van der Waals surface area contributed by atoms with Gasteiger partial charge in [0.2, 0.25) is 0 Å². The molecule has 0 saturated carbocycles. The molecule has 0 aliphatic rings. The van der Waals surface area contributed by atoms with Crippen molar-refractivity contribution in [2.75, 3.05) is 47.5 Å². The molecular weight excluding hydrogens is 1020 g/mol. The highest BCUT2D eigenvalue weighted by molar-refractivity contribution is 5.71. The highest BCUT2D eigenvalue weighted by Gasteiger charge is 2.25. The molecule has 0 aliphatic heterocycles. The van der Waals surface area contributed by atoms with Crippen molar-refractivity contribution in [3.8, 4) is 0 Å². The van der Waals surface area contributed by atoms with E-state index in [4.69, 9.17) is 18.9 Å². The minimum absolute atomic E-state index is 0.184. The Hall–Kier alpha value is -3.27. The lowest BCUT2D eigenvalue weighted by molar-refractivity contribution is -0.870. The Labute approximate surface area is 507 Å². The van der Waals surface area contributed by atoms with Crippen molar-refractivity contribution in [3.63, 3.8) is 0 Å². The largest absolute Gasteiger partial charge is 0.477 e. The lowest BCUT2D eigenvalue weighted by Gasteiger charge is -2.25. The molecule has 0 aromatic heterocycles. The second-order valence-corrected chi connectivity index (χ2v) is 24.5. The molecule has 9 heteroatoms. The summed E-state index contributed by atoms with van der Waals surface area (Å²) in [5.41, 5.74) is 0. The summed E-state index contributed by atoms with van der Waals surface area (Å²) in [6, 6.07) is 0. The van der Waals surface area contributed by atoms with Crippen molar-refractivity contribution in [3.05, 3.63) is 72.9 Å². The lowest BCUT2D eigenvalue weighted by Crippen LogP contribution is -2.40. The molecule has 2 unspecified atom stereocenters. The van der Waals surface area contributed by atoms with Gasteiger partial charge in [0.05, 0.1) is 34.4 Å². The van der Waals surface area contributed by atoms with Crippen LogP contribution in [0.2, 0.25) is 0 Å². The maximum absolute atomic E-state index is 12.9. The number of hydrogen-bond donors (Lipinski definition) is 1. The van der Waals surface area contributed by atoms with Crippen LogP contribution in [0.1, 0.15) is 316 Å². The number of esters is 2. The molecule has 2 atom stereocenters. The summed E-state index contributed by atoms with van der Waals surface area (Å²) in [5, 5.41) is 9.73. The molecule has 0 heterocycles. The second kappa shape index (κ2) is 63.7. The molecule has 0 fully saturated rings. The van der Waals surface area contributed by atoms with E-state index in [1.165, 1.54) is 205 Å². The maximum atomic E-state index is 12.9. The molecule has 1 N–H and O–H groups in total. The van der Waals surface area contributed by atoms with E-state index in [-0.39, 0.29) is 32.2 Å². The van der Waals surface area contributed by atoms with E-state index in [2.05, 4.69) is 86.8 Å². The molecule has 82 heavy (non-hydrogen) atoms. The van der Waals surface area contributed by atoms with E-state index >= 15 is 0 Å². The standard InChI is InChI=1S/C73H131NO8/c1-6-8-10-12-14-16-18-20-22-24-26-27-28-29-30-31-32-33-34-35-36-37-38-39-40-41-42-43-44-45-46-48-50-52-54-56-58-60-62-64-71(76)82-69(68-81-73(72(77)78)79-66-65-74(3,4)5)67-80-70(75)63-61-59-57-55-53-51-49-47-25-23-21-19-17-15-13-11-9-7-2/h8,10,14,16-17,19-20,22-23,25-27,69,73H,6-7,9,11-13,15,18,21,24,28-68H2,1-5H3/p+1/b10-8-,16-14-,19-17-,22-20-,25-23-,27-26-. The van der Waals surface area contributed by atoms with E-state index in [1.807, 2.05) is 21.1 Å². The van der Waals surface area contributed by atoms with Crippen LogP contribution in [-0.2, 0) is 33.3 Å². The van der Waals surface area contributed by atoms with Gasteiger partial charge in [-0.15, -0.1) is 0 Å². The third kappa shape index (κ3) is 64.3. The molecule has 0 rings (SSSR count). The Kier molecular flexibility index (Phi) is 61.2.